The van der Waals surface area contributed by atoms with E-state index < -0.39 is 0 Å². The van der Waals surface area contributed by atoms with Crippen molar-refractivity contribution in [2.75, 3.05) is 0 Å². The van der Waals surface area contributed by atoms with Crippen LogP contribution in [-0.2, 0) is 6.54 Å². The van der Waals surface area contributed by atoms with E-state index in [0.717, 1.165) is 55.2 Å². The fraction of sp³-hybridized carbons (Fsp3) is 0.0400. The van der Waals surface area contributed by atoms with Gasteiger partial charge in [0.2, 0.25) is 0 Å². The summed E-state index contributed by atoms with van der Waals surface area (Å²) in [4.78, 5) is 10.2. The molecular weight excluding hydrogens is 416 g/mol. The van der Waals surface area contributed by atoms with Crippen LogP contribution >= 0.6 is 11.3 Å². The molecule has 0 atom stereocenters. The van der Waals surface area contributed by atoms with E-state index in [1.165, 1.54) is 0 Å². The van der Waals surface area contributed by atoms with Gasteiger partial charge in [0, 0.05) is 35.5 Å². The highest BCUT2D eigenvalue weighted by molar-refractivity contribution is 7.13. The summed E-state index contributed by atoms with van der Waals surface area (Å²) in [5.41, 5.74) is 14.5. The Balaban J connectivity index is 1.63. The monoisotopic (exact) mass is 434 g/mol. The smallest absolute Gasteiger partial charge is 0.180 e. The highest BCUT2D eigenvalue weighted by Crippen LogP contribution is 2.35. The molecule has 0 aliphatic carbocycles. The molecule has 0 fully saturated rings. The van der Waals surface area contributed by atoms with E-state index in [1.54, 1.807) is 16.8 Å². The van der Waals surface area contributed by atoms with Crippen molar-refractivity contribution in [1.82, 2.24) is 24.6 Å². The number of hydrogen-bond donors (Lipinski definition) is 1. The molecule has 0 bridgehead atoms. The highest BCUT2D eigenvalue weighted by atomic mass is 32.1. The third-order valence-electron chi connectivity index (χ3n) is 5.57. The molecule has 6 rings (SSSR count). The Kier molecular flexibility index (Phi) is 4.49. The average Bonchev–Trinajstić information content (AvgIpc) is 3.54. The van der Waals surface area contributed by atoms with Crippen LogP contribution in [-0.4, -0.2) is 24.6 Å². The van der Waals surface area contributed by atoms with Crippen LogP contribution in [0.1, 0.15) is 5.56 Å². The van der Waals surface area contributed by atoms with E-state index in [1.807, 2.05) is 41.1 Å². The van der Waals surface area contributed by atoms with Gasteiger partial charge >= 0.3 is 0 Å². The van der Waals surface area contributed by atoms with Crippen LogP contribution in [0.2, 0.25) is 0 Å². The van der Waals surface area contributed by atoms with Crippen molar-refractivity contribution in [2.24, 2.45) is 5.73 Å². The lowest BCUT2D eigenvalue weighted by molar-refractivity contribution is 1.07. The summed E-state index contributed by atoms with van der Waals surface area (Å²) in [6.07, 6.45) is 3.79. The second kappa shape index (κ2) is 7.64. The molecule has 4 heterocycles. The number of fused-ring (bicyclic) bond motifs is 3. The third kappa shape index (κ3) is 3.07. The summed E-state index contributed by atoms with van der Waals surface area (Å²) >= 11 is 1.54. The molecule has 4 aromatic heterocycles. The van der Waals surface area contributed by atoms with E-state index >= 15 is 0 Å². The minimum Gasteiger partial charge on any atom is -0.326 e. The molecule has 0 aliphatic heterocycles. The maximum atomic E-state index is 5.79. The minimum atomic E-state index is 0.518. The second-order valence-corrected chi connectivity index (χ2v) is 8.37. The summed E-state index contributed by atoms with van der Waals surface area (Å²) < 4.78 is 2.00. The van der Waals surface area contributed by atoms with Gasteiger partial charge in [-0.1, -0.05) is 54.6 Å². The molecule has 6 aromatic rings. The zero-order chi connectivity index (χ0) is 21.5. The molecule has 2 N–H and O–H groups in total. The van der Waals surface area contributed by atoms with Crippen molar-refractivity contribution in [1.29, 1.82) is 0 Å². The lowest BCUT2D eigenvalue weighted by atomic mass is 9.97. The van der Waals surface area contributed by atoms with Crippen LogP contribution in [0.3, 0.4) is 0 Å². The molecule has 154 valence electrons. The van der Waals surface area contributed by atoms with Crippen LogP contribution in [0, 0.1) is 0 Å². The second-order valence-electron chi connectivity index (χ2n) is 7.48. The summed E-state index contributed by atoms with van der Waals surface area (Å²) in [5, 5.41) is 9.89. The van der Waals surface area contributed by atoms with Crippen LogP contribution in [0.4, 0.5) is 0 Å². The van der Waals surface area contributed by atoms with Crippen LogP contribution in [0.5, 0.6) is 0 Å². The fourth-order valence-electron chi connectivity index (χ4n) is 3.95. The number of rotatable bonds is 4. The van der Waals surface area contributed by atoms with Gasteiger partial charge in [0.15, 0.2) is 11.5 Å². The Morgan fingerprint density at radius 2 is 1.75 bits per heavy atom. The van der Waals surface area contributed by atoms with Gasteiger partial charge in [0.1, 0.15) is 0 Å². The van der Waals surface area contributed by atoms with Gasteiger partial charge in [-0.05, 0) is 23.3 Å². The van der Waals surface area contributed by atoms with Gasteiger partial charge in [-0.2, -0.15) is 0 Å². The van der Waals surface area contributed by atoms with Gasteiger partial charge in [-0.25, -0.2) is 4.98 Å². The topological polar surface area (TPSA) is 82.0 Å². The predicted octanol–water partition coefficient (Wildman–Crippen LogP) is 5.19. The highest BCUT2D eigenvalue weighted by Gasteiger charge is 2.16. The average molecular weight is 435 g/mol. The van der Waals surface area contributed by atoms with Crippen molar-refractivity contribution in [2.45, 2.75) is 6.54 Å². The number of nitrogens with two attached hydrogens (primary N) is 1. The maximum Gasteiger partial charge on any atom is 0.180 e. The molecule has 0 unspecified atom stereocenters. The first-order chi connectivity index (χ1) is 15.8. The van der Waals surface area contributed by atoms with Gasteiger partial charge in [-0.15, -0.1) is 21.5 Å². The molecule has 0 amide bonds. The normalized spacial score (nSPS) is 11.4. The number of aromatic nitrogens is 5. The number of thiazole rings is 1. The molecule has 0 radical (unpaired) electrons. The molecule has 7 heteroatoms. The Morgan fingerprint density at radius 3 is 2.50 bits per heavy atom. The lowest BCUT2D eigenvalue weighted by Crippen LogP contribution is -1.97. The van der Waals surface area contributed by atoms with Gasteiger partial charge in [0.05, 0.1) is 21.6 Å². The number of pyridine rings is 2. The SMILES string of the molecule is NCc1ccc(-c2nc3ccn4c(-c5cncs5)nnc4c3cc2-c2ccccc2)cc1. The van der Waals surface area contributed by atoms with Gasteiger partial charge < -0.3 is 5.73 Å². The molecule has 0 saturated carbocycles. The Labute approximate surface area is 188 Å². The Morgan fingerprint density at radius 1 is 0.906 bits per heavy atom. The Bertz CT molecular complexity index is 1540. The van der Waals surface area contributed by atoms with Crippen LogP contribution < -0.4 is 5.73 Å². The predicted molar refractivity (Wildman–Crippen MR) is 128 cm³/mol. The summed E-state index contributed by atoms with van der Waals surface area (Å²) in [6.45, 7) is 0.518. The fourth-order valence-corrected chi connectivity index (χ4v) is 4.55. The van der Waals surface area contributed by atoms with E-state index in [0.29, 0.717) is 6.54 Å². The van der Waals surface area contributed by atoms with E-state index in [-0.39, 0.29) is 0 Å². The Hall–Kier alpha value is -3.94. The van der Waals surface area contributed by atoms with Crippen molar-refractivity contribution < 1.29 is 0 Å². The number of nitrogens with zero attached hydrogens (tertiary/aromatic N) is 5. The number of hydrogen-bond acceptors (Lipinski definition) is 6. The van der Waals surface area contributed by atoms with Crippen molar-refractivity contribution in [3.8, 4) is 33.1 Å². The van der Waals surface area contributed by atoms with Gasteiger partial charge in [-0.3, -0.25) is 9.38 Å². The standard InChI is InChI=1S/C25H18N6S/c26-13-16-6-8-18(9-7-16)23-19(17-4-2-1-3-5-17)12-20-21(28-23)10-11-31-24(20)29-30-25(31)22-14-27-15-32-22/h1-12,14-15H,13,26H2. The third-order valence-corrected chi connectivity index (χ3v) is 6.34. The maximum absolute atomic E-state index is 5.79. The van der Waals surface area contributed by atoms with Crippen molar-refractivity contribution in [3.63, 3.8) is 0 Å². The summed E-state index contributed by atoms with van der Waals surface area (Å²) in [7, 11) is 0. The molecule has 6 nitrogen and oxygen atoms in total. The number of benzene rings is 2. The first kappa shape index (κ1) is 18.8. The quantitative estimate of drug-likeness (QED) is 0.413. The molecular formula is C25H18N6S. The van der Waals surface area contributed by atoms with Crippen molar-refractivity contribution in [3.05, 3.63) is 90.2 Å². The van der Waals surface area contributed by atoms with Crippen LogP contribution in [0.25, 0.3) is 49.6 Å². The van der Waals surface area contributed by atoms with E-state index in [9.17, 15) is 0 Å². The minimum absolute atomic E-state index is 0.518. The van der Waals surface area contributed by atoms with Crippen molar-refractivity contribution >= 4 is 27.9 Å². The lowest BCUT2D eigenvalue weighted by Gasteiger charge is -2.12. The van der Waals surface area contributed by atoms with E-state index in [2.05, 4.69) is 57.6 Å². The van der Waals surface area contributed by atoms with E-state index in [4.69, 9.17) is 10.7 Å². The largest absolute Gasteiger partial charge is 0.326 e. The first-order valence-electron chi connectivity index (χ1n) is 10.2. The molecule has 0 aliphatic rings. The molecule has 0 saturated heterocycles. The zero-order valence-electron chi connectivity index (χ0n) is 17.0. The molecule has 2 aromatic carbocycles. The zero-order valence-corrected chi connectivity index (χ0v) is 17.8. The first-order valence-corrected chi connectivity index (χ1v) is 11.1. The summed E-state index contributed by atoms with van der Waals surface area (Å²) in [6, 6.07) is 22.8. The molecule has 0 spiro atoms. The molecule has 32 heavy (non-hydrogen) atoms. The van der Waals surface area contributed by atoms with Gasteiger partial charge in [0.25, 0.3) is 0 Å². The summed E-state index contributed by atoms with van der Waals surface area (Å²) in [5.74, 6) is 0.784. The van der Waals surface area contributed by atoms with Crippen LogP contribution in [0.15, 0.2) is 84.6 Å².